The van der Waals surface area contributed by atoms with E-state index < -0.39 is 0 Å². The smallest absolute Gasteiger partial charge is 0.250 e. The summed E-state index contributed by atoms with van der Waals surface area (Å²) in [6.07, 6.45) is 4.46. The van der Waals surface area contributed by atoms with Gasteiger partial charge in [-0.25, -0.2) is 0 Å². The first-order valence-corrected chi connectivity index (χ1v) is 11.5. The Bertz CT molecular complexity index is 1220. The van der Waals surface area contributed by atoms with Crippen molar-refractivity contribution in [3.63, 3.8) is 0 Å². The van der Waals surface area contributed by atoms with Crippen LogP contribution in [-0.4, -0.2) is 35.3 Å². The van der Waals surface area contributed by atoms with Gasteiger partial charge >= 0.3 is 0 Å². The quantitative estimate of drug-likeness (QED) is 0.557. The van der Waals surface area contributed by atoms with Crippen molar-refractivity contribution in [3.8, 4) is 11.5 Å². The third-order valence-electron chi connectivity index (χ3n) is 5.63. The fraction of sp³-hybridized carbons (Fsp3) is 0.250. The van der Waals surface area contributed by atoms with E-state index in [0.717, 1.165) is 22.7 Å². The van der Waals surface area contributed by atoms with Gasteiger partial charge in [-0.05, 0) is 47.9 Å². The molecule has 1 fully saturated rings. The Balaban J connectivity index is 1.20. The summed E-state index contributed by atoms with van der Waals surface area (Å²) in [4.78, 5) is 26.7. The highest BCUT2D eigenvalue weighted by Gasteiger charge is 2.34. The van der Waals surface area contributed by atoms with Crippen LogP contribution in [0.3, 0.4) is 0 Å². The molecule has 2 aromatic carbocycles. The second kappa shape index (κ2) is 9.03. The molecule has 2 amide bonds. The van der Waals surface area contributed by atoms with Crippen LogP contribution in [0.1, 0.15) is 35.4 Å². The van der Waals surface area contributed by atoms with Crippen LogP contribution >= 0.6 is 11.3 Å². The minimum absolute atomic E-state index is 0.0457. The summed E-state index contributed by atoms with van der Waals surface area (Å²) in [7, 11) is 0. The molecule has 1 N–H and O–H groups in total. The molecule has 1 atom stereocenters. The number of nitrogens with zero attached hydrogens (tertiary/aromatic N) is 3. The van der Waals surface area contributed by atoms with Gasteiger partial charge in [-0.2, -0.15) is 0 Å². The number of anilines is 2. The number of carbonyl (C=O) groups is 2. The molecule has 2 aliphatic rings. The summed E-state index contributed by atoms with van der Waals surface area (Å²) in [5.41, 5.74) is 2.95. The summed E-state index contributed by atoms with van der Waals surface area (Å²) < 4.78 is 10.6. The van der Waals surface area contributed by atoms with Gasteiger partial charge in [0.25, 0.3) is 0 Å². The number of hydrogen-bond acceptors (Lipinski definition) is 7. The molecule has 2 aliphatic heterocycles. The van der Waals surface area contributed by atoms with Gasteiger partial charge in [-0.3, -0.25) is 14.9 Å². The number of ether oxygens (including phenoxy) is 2. The predicted octanol–water partition coefficient (Wildman–Crippen LogP) is 4.00. The molecule has 0 radical (unpaired) electrons. The zero-order chi connectivity index (χ0) is 22.8. The summed E-state index contributed by atoms with van der Waals surface area (Å²) >= 11 is 1.30. The number of hydrogen-bond donors (Lipinski definition) is 1. The third-order valence-corrected chi connectivity index (χ3v) is 6.63. The number of fused-ring (bicyclic) bond motifs is 1. The van der Waals surface area contributed by atoms with Crippen LogP contribution in [0.15, 0.2) is 48.5 Å². The van der Waals surface area contributed by atoms with Gasteiger partial charge in [0.2, 0.25) is 23.7 Å². The van der Waals surface area contributed by atoms with E-state index in [4.69, 9.17) is 9.47 Å². The van der Waals surface area contributed by atoms with E-state index in [1.807, 2.05) is 36.4 Å². The van der Waals surface area contributed by atoms with Gasteiger partial charge in [0, 0.05) is 30.6 Å². The van der Waals surface area contributed by atoms with Gasteiger partial charge in [-0.15, -0.1) is 10.2 Å². The summed E-state index contributed by atoms with van der Waals surface area (Å²) in [5.74, 6) is 1.07. The van der Waals surface area contributed by atoms with Gasteiger partial charge < -0.3 is 14.4 Å². The fourth-order valence-corrected chi connectivity index (χ4v) is 4.66. The average Bonchev–Trinajstić information content (AvgIpc) is 3.57. The molecule has 3 heterocycles. The van der Waals surface area contributed by atoms with E-state index in [2.05, 4.69) is 22.4 Å². The lowest BCUT2D eigenvalue weighted by molar-refractivity contribution is -0.117. The van der Waals surface area contributed by atoms with Crippen molar-refractivity contribution in [1.29, 1.82) is 0 Å². The second-order valence-electron chi connectivity index (χ2n) is 7.81. The van der Waals surface area contributed by atoms with Crippen LogP contribution in [0, 0.1) is 0 Å². The van der Waals surface area contributed by atoms with E-state index in [9.17, 15) is 9.59 Å². The van der Waals surface area contributed by atoms with Crippen molar-refractivity contribution in [3.05, 3.63) is 64.7 Å². The Kier molecular flexibility index (Phi) is 5.78. The zero-order valence-electron chi connectivity index (χ0n) is 18.0. The number of rotatable bonds is 6. The van der Waals surface area contributed by atoms with E-state index in [-0.39, 0.29) is 24.5 Å². The lowest BCUT2D eigenvalue weighted by Gasteiger charge is -2.16. The van der Waals surface area contributed by atoms with Crippen LogP contribution < -0.4 is 19.7 Å². The van der Waals surface area contributed by atoms with Crippen LogP contribution in [0.4, 0.5) is 10.8 Å². The maximum absolute atomic E-state index is 12.6. The van der Waals surface area contributed by atoms with Crippen molar-refractivity contribution in [2.75, 3.05) is 23.6 Å². The van der Waals surface area contributed by atoms with Gasteiger partial charge in [0.15, 0.2) is 11.5 Å². The standard InChI is InChI=1S/C24H22N4O4S/c1-2-15-3-7-18(8-4-15)28-13-17(12-22(28)30)23-26-27-24(33-23)25-21(29)10-6-16-5-9-19-20(11-16)32-14-31-19/h3-11,17H,2,12-14H2,1H3,(H,25,27,29)/b10-6+. The first kappa shape index (κ1) is 21.1. The molecule has 168 valence electrons. The second-order valence-corrected chi connectivity index (χ2v) is 8.82. The average molecular weight is 463 g/mol. The number of nitrogens with one attached hydrogen (secondary N) is 1. The Morgan fingerprint density at radius 3 is 2.82 bits per heavy atom. The van der Waals surface area contributed by atoms with Crippen molar-refractivity contribution in [1.82, 2.24) is 10.2 Å². The number of carbonyl (C=O) groups excluding carboxylic acids is 2. The maximum atomic E-state index is 12.6. The molecule has 9 heteroatoms. The maximum Gasteiger partial charge on any atom is 0.250 e. The van der Waals surface area contributed by atoms with Crippen molar-refractivity contribution < 1.29 is 19.1 Å². The molecule has 8 nitrogen and oxygen atoms in total. The first-order chi connectivity index (χ1) is 16.1. The molecular weight excluding hydrogens is 440 g/mol. The number of amides is 2. The largest absolute Gasteiger partial charge is 0.454 e. The number of benzene rings is 2. The highest BCUT2D eigenvalue weighted by atomic mass is 32.1. The lowest BCUT2D eigenvalue weighted by atomic mass is 10.1. The summed E-state index contributed by atoms with van der Waals surface area (Å²) in [5, 5.41) is 12.2. The van der Waals surface area contributed by atoms with Crippen LogP contribution in [0.5, 0.6) is 11.5 Å². The van der Waals surface area contributed by atoms with Gasteiger partial charge in [0.1, 0.15) is 5.01 Å². The van der Waals surface area contributed by atoms with Crippen molar-refractivity contribution in [2.45, 2.75) is 25.7 Å². The first-order valence-electron chi connectivity index (χ1n) is 10.7. The molecule has 5 rings (SSSR count). The number of aromatic nitrogens is 2. The normalized spacial score (nSPS) is 17.2. The third kappa shape index (κ3) is 4.58. The van der Waals surface area contributed by atoms with Crippen molar-refractivity contribution >= 4 is 40.0 Å². The van der Waals surface area contributed by atoms with E-state index in [1.54, 1.807) is 17.0 Å². The Morgan fingerprint density at radius 2 is 2.00 bits per heavy atom. The van der Waals surface area contributed by atoms with Gasteiger partial charge in [-0.1, -0.05) is 36.5 Å². The molecular formula is C24H22N4O4S. The Labute approximate surface area is 194 Å². The molecule has 1 saturated heterocycles. The SMILES string of the molecule is CCc1ccc(N2CC(c3nnc(NC(=O)/C=C/c4ccc5c(c4)OCO5)s3)CC2=O)cc1. The zero-order valence-corrected chi connectivity index (χ0v) is 18.8. The monoisotopic (exact) mass is 462 g/mol. The summed E-state index contributed by atoms with van der Waals surface area (Å²) in [6, 6.07) is 13.5. The molecule has 0 aliphatic carbocycles. The Morgan fingerprint density at radius 1 is 1.18 bits per heavy atom. The van der Waals surface area contributed by atoms with Crippen LogP contribution in [-0.2, 0) is 16.0 Å². The van der Waals surface area contributed by atoms with E-state index >= 15 is 0 Å². The minimum Gasteiger partial charge on any atom is -0.454 e. The van der Waals surface area contributed by atoms with E-state index in [0.29, 0.717) is 29.6 Å². The minimum atomic E-state index is -0.310. The van der Waals surface area contributed by atoms with Crippen molar-refractivity contribution in [2.24, 2.45) is 0 Å². The van der Waals surface area contributed by atoms with Gasteiger partial charge in [0.05, 0.1) is 0 Å². The predicted molar refractivity (Wildman–Crippen MR) is 126 cm³/mol. The van der Waals surface area contributed by atoms with Crippen LogP contribution in [0.25, 0.3) is 6.08 Å². The van der Waals surface area contributed by atoms with E-state index in [1.165, 1.54) is 23.0 Å². The fourth-order valence-electron chi connectivity index (χ4n) is 3.82. The number of aryl methyl sites for hydroxylation is 1. The van der Waals surface area contributed by atoms with Crippen LogP contribution in [0.2, 0.25) is 0 Å². The topological polar surface area (TPSA) is 93.7 Å². The molecule has 0 saturated carbocycles. The molecule has 0 bridgehead atoms. The lowest BCUT2D eigenvalue weighted by Crippen LogP contribution is -2.24. The highest BCUT2D eigenvalue weighted by Crippen LogP contribution is 2.35. The molecule has 1 unspecified atom stereocenters. The summed E-state index contributed by atoms with van der Waals surface area (Å²) in [6.45, 7) is 2.86. The Hall–Kier alpha value is -3.72. The highest BCUT2D eigenvalue weighted by molar-refractivity contribution is 7.15. The molecule has 0 spiro atoms. The molecule has 3 aromatic rings. The molecule has 1 aromatic heterocycles. The molecule has 33 heavy (non-hydrogen) atoms.